The van der Waals surface area contributed by atoms with Crippen LogP contribution in [0.15, 0.2) is 0 Å². The number of ether oxygens (including phenoxy) is 1. The molecule has 2 amide bonds. The van der Waals surface area contributed by atoms with Crippen molar-refractivity contribution in [1.29, 1.82) is 0 Å². The van der Waals surface area contributed by atoms with Crippen molar-refractivity contribution in [3.05, 3.63) is 22.5 Å². The summed E-state index contributed by atoms with van der Waals surface area (Å²) in [6, 6.07) is 0. The molecule has 2 aliphatic heterocycles. The van der Waals surface area contributed by atoms with E-state index in [4.69, 9.17) is 4.74 Å². The molecule has 0 saturated carbocycles. The van der Waals surface area contributed by atoms with E-state index in [-0.39, 0.29) is 24.3 Å². The molecule has 1 aromatic heterocycles. The van der Waals surface area contributed by atoms with Crippen molar-refractivity contribution < 1.29 is 19.1 Å². The highest BCUT2D eigenvalue weighted by atomic mass is 16.5. The first-order valence-electron chi connectivity index (χ1n) is 12.1. The van der Waals surface area contributed by atoms with Crippen molar-refractivity contribution in [1.82, 2.24) is 20.1 Å². The quantitative estimate of drug-likeness (QED) is 0.628. The van der Waals surface area contributed by atoms with Crippen LogP contribution in [-0.2, 0) is 9.53 Å². The molecule has 0 unspecified atom stereocenters. The standard InChI is InChI=1S/C24H38N4O4/c1-4-32-24(31)20-17(2)21(26-18(20)3)23(30)28-14-9-10-19(16-28)22(29)25-11-15-27-12-7-5-6-8-13-27/h19,26H,4-16H2,1-3H3,(H,25,29)/t19-/m1/s1. The molecule has 8 nitrogen and oxygen atoms in total. The van der Waals surface area contributed by atoms with Crippen LogP contribution in [0.25, 0.3) is 0 Å². The molecule has 2 fully saturated rings. The number of aromatic nitrogens is 1. The first-order chi connectivity index (χ1) is 15.4. The maximum atomic E-state index is 13.2. The number of carbonyl (C=O) groups excluding carboxylic acids is 3. The van der Waals surface area contributed by atoms with Gasteiger partial charge in [-0.15, -0.1) is 0 Å². The van der Waals surface area contributed by atoms with E-state index in [1.54, 1.807) is 25.7 Å². The molecular weight excluding hydrogens is 408 g/mol. The number of H-pyrrole nitrogens is 1. The van der Waals surface area contributed by atoms with E-state index < -0.39 is 5.97 Å². The number of piperidine rings is 1. The van der Waals surface area contributed by atoms with Crippen LogP contribution in [0.1, 0.15) is 77.6 Å². The molecule has 0 bridgehead atoms. The maximum Gasteiger partial charge on any atom is 0.340 e. The number of carbonyl (C=O) groups is 3. The van der Waals surface area contributed by atoms with Gasteiger partial charge in [-0.05, 0) is 65.1 Å². The summed E-state index contributed by atoms with van der Waals surface area (Å²) in [5.41, 5.74) is 2.07. The van der Waals surface area contributed by atoms with Crippen LogP contribution in [0.3, 0.4) is 0 Å². The van der Waals surface area contributed by atoms with Gasteiger partial charge in [0.25, 0.3) is 5.91 Å². The third-order valence-corrected chi connectivity index (χ3v) is 6.64. The van der Waals surface area contributed by atoms with E-state index in [0.717, 1.165) is 32.5 Å². The Kier molecular flexibility index (Phi) is 8.73. The monoisotopic (exact) mass is 446 g/mol. The van der Waals surface area contributed by atoms with Gasteiger partial charge in [0.1, 0.15) is 5.69 Å². The summed E-state index contributed by atoms with van der Waals surface area (Å²) >= 11 is 0. The molecule has 3 rings (SSSR count). The SMILES string of the molecule is CCOC(=O)c1c(C)[nH]c(C(=O)N2CCC[C@@H](C(=O)NCCN3CCCCCC3)C2)c1C. The highest BCUT2D eigenvalue weighted by Gasteiger charge is 2.31. The summed E-state index contributed by atoms with van der Waals surface area (Å²) in [5.74, 6) is -0.747. The Morgan fingerprint density at radius 1 is 1.06 bits per heavy atom. The number of rotatable bonds is 7. The van der Waals surface area contributed by atoms with Crippen molar-refractivity contribution >= 4 is 17.8 Å². The Bertz CT molecular complexity index is 811. The van der Waals surface area contributed by atoms with Gasteiger partial charge in [-0.2, -0.15) is 0 Å². The van der Waals surface area contributed by atoms with E-state index in [0.29, 0.717) is 42.1 Å². The second kappa shape index (κ2) is 11.5. The number of esters is 1. The zero-order valence-electron chi connectivity index (χ0n) is 19.8. The molecule has 32 heavy (non-hydrogen) atoms. The summed E-state index contributed by atoms with van der Waals surface area (Å²) < 4.78 is 5.12. The molecule has 0 spiro atoms. The summed E-state index contributed by atoms with van der Waals surface area (Å²) in [6.07, 6.45) is 6.66. The van der Waals surface area contributed by atoms with Gasteiger partial charge < -0.3 is 24.8 Å². The van der Waals surface area contributed by atoms with Crippen LogP contribution in [0, 0.1) is 19.8 Å². The number of hydrogen-bond acceptors (Lipinski definition) is 5. The average Bonchev–Trinajstić information content (AvgIpc) is 2.94. The van der Waals surface area contributed by atoms with Gasteiger partial charge in [0, 0.05) is 31.9 Å². The summed E-state index contributed by atoms with van der Waals surface area (Å²) in [6.45, 7) is 10.4. The molecule has 1 aromatic rings. The van der Waals surface area contributed by atoms with E-state index in [1.165, 1.54) is 25.7 Å². The average molecular weight is 447 g/mol. The lowest BCUT2D eigenvalue weighted by molar-refractivity contribution is -0.126. The number of amides is 2. The van der Waals surface area contributed by atoms with Crippen molar-refractivity contribution in [3.63, 3.8) is 0 Å². The highest BCUT2D eigenvalue weighted by Crippen LogP contribution is 2.24. The van der Waals surface area contributed by atoms with Crippen LogP contribution in [-0.4, -0.2) is 78.4 Å². The fourth-order valence-electron chi connectivity index (χ4n) is 4.85. The predicted molar refractivity (Wildman–Crippen MR) is 123 cm³/mol. The van der Waals surface area contributed by atoms with Gasteiger partial charge in [0.05, 0.1) is 18.1 Å². The second-order valence-corrected chi connectivity index (χ2v) is 8.98. The van der Waals surface area contributed by atoms with Crippen LogP contribution >= 0.6 is 0 Å². The van der Waals surface area contributed by atoms with E-state index >= 15 is 0 Å². The van der Waals surface area contributed by atoms with Crippen LogP contribution in [0.4, 0.5) is 0 Å². The normalized spacial score (nSPS) is 20.0. The van der Waals surface area contributed by atoms with Crippen molar-refractivity contribution in [2.45, 2.75) is 59.3 Å². The summed E-state index contributed by atoms with van der Waals surface area (Å²) in [5, 5.41) is 3.09. The van der Waals surface area contributed by atoms with Crippen LogP contribution in [0.2, 0.25) is 0 Å². The lowest BCUT2D eigenvalue weighted by atomic mass is 9.96. The van der Waals surface area contributed by atoms with Gasteiger partial charge in [0.2, 0.25) is 5.91 Å². The Morgan fingerprint density at radius 3 is 2.47 bits per heavy atom. The zero-order valence-corrected chi connectivity index (χ0v) is 19.8. The lowest BCUT2D eigenvalue weighted by Crippen LogP contribution is -2.46. The third-order valence-electron chi connectivity index (χ3n) is 6.64. The largest absolute Gasteiger partial charge is 0.462 e. The number of nitrogens with zero attached hydrogens (tertiary/aromatic N) is 2. The molecule has 0 aromatic carbocycles. The number of hydrogen-bond donors (Lipinski definition) is 2. The molecule has 3 heterocycles. The van der Waals surface area contributed by atoms with Gasteiger partial charge in [-0.25, -0.2) is 4.79 Å². The molecule has 1 atom stereocenters. The minimum absolute atomic E-state index is 0.0314. The van der Waals surface area contributed by atoms with Crippen molar-refractivity contribution in [2.75, 3.05) is 45.9 Å². The molecule has 2 N–H and O–H groups in total. The predicted octanol–water partition coefficient (Wildman–Crippen LogP) is 2.65. The van der Waals surface area contributed by atoms with E-state index in [2.05, 4.69) is 15.2 Å². The van der Waals surface area contributed by atoms with Gasteiger partial charge in [-0.1, -0.05) is 12.8 Å². The Balaban J connectivity index is 1.56. The lowest BCUT2D eigenvalue weighted by Gasteiger charge is -2.32. The summed E-state index contributed by atoms with van der Waals surface area (Å²) in [4.78, 5) is 45.4. The van der Waals surface area contributed by atoms with Crippen molar-refractivity contribution in [2.24, 2.45) is 5.92 Å². The number of likely N-dealkylation sites (tertiary alicyclic amines) is 2. The van der Waals surface area contributed by atoms with E-state index in [1.807, 2.05) is 0 Å². The molecule has 178 valence electrons. The topological polar surface area (TPSA) is 94.7 Å². The minimum Gasteiger partial charge on any atom is -0.462 e. The summed E-state index contributed by atoms with van der Waals surface area (Å²) in [7, 11) is 0. The third kappa shape index (κ3) is 5.91. The fraction of sp³-hybridized carbons (Fsp3) is 0.708. The molecule has 2 aliphatic rings. The zero-order chi connectivity index (χ0) is 23.1. The first kappa shape index (κ1) is 24.3. The van der Waals surface area contributed by atoms with Gasteiger partial charge in [-0.3, -0.25) is 9.59 Å². The highest BCUT2D eigenvalue weighted by molar-refractivity contribution is 6.00. The Labute approximate surface area is 191 Å². The fourth-order valence-corrected chi connectivity index (χ4v) is 4.85. The minimum atomic E-state index is -0.418. The Morgan fingerprint density at radius 2 is 1.78 bits per heavy atom. The van der Waals surface area contributed by atoms with Crippen molar-refractivity contribution in [3.8, 4) is 0 Å². The molecule has 0 radical (unpaired) electrons. The number of aryl methyl sites for hydroxylation is 1. The first-order valence-corrected chi connectivity index (χ1v) is 12.1. The Hall–Kier alpha value is -2.35. The molecule has 8 heteroatoms. The number of aromatic amines is 1. The molecule has 0 aliphatic carbocycles. The van der Waals surface area contributed by atoms with Crippen LogP contribution in [0.5, 0.6) is 0 Å². The smallest absolute Gasteiger partial charge is 0.340 e. The van der Waals surface area contributed by atoms with Gasteiger partial charge >= 0.3 is 5.97 Å². The molecule has 2 saturated heterocycles. The number of nitrogens with one attached hydrogen (secondary N) is 2. The van der Waals surface area contributed by atoms with Crippen LogP contribution < -0.4 is 5.32 Å². The maximum absolute atomic E-state index is 13.2. The second-order valence-electron chi connectivity index (χ2n) is 8.98. The van der Waals surface area contributed by atoms with E-state index in [9.17, 15) is 14.4 Å². The molecular formula is C24H38N4O4. The van der Waals surface area contributed by atoms with Gasteiger partial charge in [0.15, 0.2) is 0 Å².